The summed E-state index contributed by atoms with van der Waals surface area (Å²) in [4.78, 5) is 0. The van der Waals surface area contributed by atoms with E-state index >= 15 is 0 Å². The van der Waals surface area contributed by atoms with E-state index < -0.39 is 0 Å². The fourth-order valence-electron chi connectivity index (χ4n) is 3.50. The van der Waals surface area contributed by atoms with Gasteiger partial charge in [0.25, 0.3) is 0 Å². The molecular weight excluding hydrogens is 372 g/mol. The number of hydrazone groups is 1. The van der Waals surface area contributed by atoms with Gasteiger partial charge in [0, 0.05) is 11.1 Å². The summed E-state index contributed by atoms with van der Waals surface area (Å²) in [5.41, 5.74) is 10.5. The summed E-state index contributed by atoms with van der Waals surface area (Å²) >= 11 is 0. The van der Waals surface area contributed by atoms with Crippen molar-refractivity contribution in [3.05, 3.63) is 103 Å². The molecule has 0 aliphatic heterocycles. The zero-order valence-electron chi connectivity index (χ0n) is 17.0. The summed E-state index contributed by atoms with van der Waals surface area (Å²) in [6, 6.07) is 20.3. The van der Waals surface area contributed by atoms with E-state index in [9.17, 15) is 0 Å². The van der Waals surface area contributed by atoms with Gasteiger partial charge in [-0.05, 0) is 72.1 Å². The fourth-order valence-corrected chi connectivity index (χ4v) is 3.50. The number of ether oxygens (including phenoxy) is 2. The van der Waals surface area contributed by atoms with Gasteiger partial charge in [-0.2, -0.15) is 5.10 Å². The van der Waals surface area contributed by atoms with Crippen molar-refractivity contribution in [2.45, 2.75) is 6.92 Å². The molecule has 4 rings (SSSR count). The van der Waals surface area contributed by atoms with Gasteiger partial charge in [-0.3, -0.25) is 5.43 Å². The van der Waals surface area contributed by atoms with Crippen LogP contribution in [0.5, 0.6) is 11.5 Å². The van der Waals surface area contributed by atoms with Crippen LogP contribution in [0.1, 0.15) is 16.7 Å². The molecule has 0 amide bonds. The predicted molar refractivity (Wildman–Crippen MR) is 124 cm³/mol. The van der Waals surface area contributed by atoms with Crippen LogP contribution in [0.25, 0.3) is 11.1 Å². The van der Waals surface area contributed by atoms with Gasteiger partial charge in [0.05, 0.1) is 11.4 Å². The maximum absolute atomic E-state index is 5.75. The Kier molecular flexibility index (Phi) is 5.66. The Balaban J connectivity index is 1.77. The molecule has 0 radical (unpaired) electrons. The van der Waals surface area contributed by atoms with Crippen molar-refractivity contribution in [2.75, 3.05) is 18.6 Å². The van der Waals surface area contributed by atoms with E-state index in [1.54, 1.807) is 12.2 Å². The Bertz CT molecular complexity index is 1070. The molecule has 150 valence electrons. The molecule has 0 aromatic heterocycles. The van der Waals surface area contributed by atoms with Crippen LogP contribution in [0.2, 0.25) is 0 Å². The molecular formula is C26H24N2O2. The van der Waals surface area contributed by atoms with Crippen LogP contribution >= 0.6 is 0 Å². The molecule has 3 aromatic rings. The highest BCUT2D eigenvalue weighted by atomic mass is 16.5. The van der Waals surface area contributed by atoms with Crippen molar-refractivity contribution in [2.24, 2.45) is 5.10 Å². The molecule has 30 heavy (non-hydrogen) atoms. The van der Waals surface area contributed by atoms with Gasteiger partial charge in [-0.25, -0.2) is 0 Å². The molecule has 0 bridgehead atoms. The first kappa shape index (κ1) is 19.5. The van der Waals surface area contributed by atoms with Crippen molar-refractivity contribution in [1.82, 2.24) is 0 Å². The Labute approximate surface area is 177 Å². The molecule has 0 atom stereocenters. The third-order valence-corrected chi connectivity index (χ3v) is 4.83. The highest BCUT2D eigenvalue weighted by Gasteiger charge is 2.26. The van der Waals surface area contributed by atoms with Crippen LogP contribution < -0.4 is 14.9 Å². The first-order chi connectivity index (χ1) is 14.7. The normalized spacial score (nSPS) is 11.3. The number of nitrogens with one attached hydrogen (secondary N) is 1. The summed E-state index contributed by atoms with van der Waals surface area (Å²) in [7, 11) is 0. The van der Waals surface area contributed by atoms with Gasteiger partial charge in [0.15, 0.2) is 0 Å². The number of nitrogens with zero attached hydrogens (tertiary/aromatic N) is 1. The second-order valence-corrected chi connectivity index (χ2v) is 7.06. The van der Waals surface area contributed by atoms with Crippen LogP contribution in [0.4, 0.5) is 5.69 Å². The van der Waals surface area contributed by atoms with E-state index in [0.717, 1.165) is 45.2 Å². The Morgan fingerprint density at radius 1 is 0.800 bits per heavy atom. The van der Waals surface area contributed by atoms with Crippen LogP contribution in [-0.4, -0.2) is 18.9 Å². The van der Waals surface area contributed by atoms with Gasteiger partial charge in [-0.15, -0.1) is 0 Å². The number of hydrogen-bond acceptors (Lipinski definition) is 4. The van der Waals surface area contributed by atoms with Gasteiger partial charge in [0.1, 0.15) is 24.7 Å². The molecule has 1 aliphatic carbocycles. The minimum Gasteiger partial charge on any atom is -0.490 e. The molecule has 0 saturated carbocycles. The average molecular weight is 396 g/mol. The van der Waals surface area contributed by atoms with Crippen molar-refractivity contribution in [1.29, 1.82) is 0 Å². The maximum atomic E-state index is 5.75. The number of aryl methyl sites for hydroxylation is 1. The lowest BCUT2D eigenvalue weighted by atomic mass is 10.1. The molecule has 4 nitrogen and oxygen atoms in total. The number of anilines is 1. The van der Waals surface area contributed by atoms with Gasteiger partial charge >= 0.3 is 0 Å². The molecule has 4 heteroatoms. The summed E-state index contributed by atoms with van der Waals surface area (Å²) < 4.78 is 11.5. The first-order valence-corrected chi connectivity index (χ1v) is 9.86. The zero-order valence-corrected chi connectivity index (χ0v) is 17.0. The summed E-state index contributed by atoms with van der Waals surface area (Å²) in [6.07, 6.45) is 3.47. The van der Waals surface area contributed by atoms with Crippen LogP contribution in [0.3, 0.4) is 0 Å². The largest absolute Gasteiger partial charge is 0.490 e. The Morgan fingerprint density at radius 3 is 1.93 bits per heavy atom. The van der Waals surface area contributed by atoms with E-state index in [-0.39, 0.29) is 0 Å². The van der Waals surface area contributed by atoms with Crippen molar-refractivity contribution < 1.29 is 9.47 Å². The molecule has 0 spiro atoms. The summed E-state index contributed by atoms with van der Waals surface area (Å²) in [5.74, 6) is 1.57. The monoisotopic (exact) mass is 396 g/mol. The fraction of sp³-hybridized carbons (Fsp3) is 0.115. The van der Waals surface area contributed by atoms with E-state index in [4.69, 9.17) is 14.6 Å². The minimum absolute atomic E-state index is 0.458. The highest BCUT2D eigenvalue weighted by Crippen LogP contribution is 2.40. The maximum Gasteiger partial charge on any atom is 0.120 e. The minimum atomic E-state index is 0.458. The van der Waals surface area contributed by atoms with Crippen molar-refractivity contribution >= 4 is 11.4 Å². The molecule has 3 aromatic carbocycles. The van der Waals surface area contributed by atoms with Gasteiger partial charge in [-0.1, -0.05) is 37.4 Å². The highest BCUT2D eigenvalue weighted by molar-refractivity contribution is 6.25. The first-order valence-electron chi connectivity index (χ1n) is 9.86. The lowest BCUT2D eigenvalue weighted by molar-refractivity contribution is 0.363. The summed E-state index contributed by atoms with van der Waals surface area (Å²) in [5, 5.41) is 4.78. The average Bonchev–Trinajstić information content (AvgIpc) is 3.07. The summed E-state index contributed by atoms with van der Waals surface area (Å²) in [6.45, 7) is 10.4. The Morgan fingerprint density at radius 2 is 1.40 bits per heavy atom. The standard InChI is InChI=1S/C26H24N2O2/c1-4-13-29-20-9-11-22-23-12-10-21(30-14-5-2)17-25(23)26(24(22)16-20)28-27-19-8-6-7-18(3)15-19/h4-12,15-17,27H,1-2,13-14H2,3H3. The van der Waals surface area contributed by atoms with Crippen LogP contribution in [-0.2, 0) is 0 Å². The molecule has 0 unspecified atom stereocenters. The van der Waals surface area contributed by atoms with Crippen molar-refractivity contribution in [3.8, 4) is 22.6 Å². The van der Waals surface area contributed by atoms with Gasteiger partial charge in [0.2, 0.25) is 0 Å². The van der Waals surface area contributed by atoms with Crippen molar-refractivity contribution in [3.63, 3.8) is 0 Å². The number of rotatable bonds is 8. The molecule has 1 N–H and O–H groups in total. The number of benzene rings is 3. The van der Waals surface area contributed by atoms with E-state index in [1.165, 1.54) is 5.56 Å². The number of fused-ring (bicyclic) bond motifs is 3. The molecule has 0 saturated heterocycles. The van der Waals surface area contributed by atoms with Crippen LogP contribution in [0.15, 0.2) is 91.1 Å². The van der Waals surface area contributed by atoms with E-state index in [1.807, 2.05) is 36.4 Å². The smallest absolute Gasteiger partial charge is 0.120 e. The predicted octanol–water partition coefficient (Wildman–Crippen LogP) is 5.97. The SMILES string of the molecule is C=CCOc1ccc2c(c1)C(=NNc1cccc(C)c1)c1cc(OCC=C)ccc1-2. The number of hydrogen-bond donors (Lipinski definition) is 1. The van der Waals surface area contributed by atoms with E-state index in [2.05, 4.69) is 49.8 Å². The van der Waals surface area contributed by atoms with Crippen LogP contribution in [0, 0.1) is 6.92 Å². The lowest BCUT2D eigenvalue weighted by Crippen LogP contribution is -2.04. The second kappa shape index (κ2) is 8.70. The second-order valence-electron chi connectivity index (χ2n) is 7.06. The lowest BCUT2D eigenvalue weighted by Gasteiger charge is -2.08. The zero-order chi connectivity index (χ0) is 20.9. The third kappa shape index (κ3) is 3.98. The van der Waals surface area contributed by atoms with Gasteiger partial charge < -0.3 is 9.47 Å². The third-order valence-electron chi connectivity index (χ3n) is 4.83. The molecule has 1 aliphatic rings. The molecule has 0 fully saturated rings. The quantitative estimate of drug-likeness (QED) is 0.295. The Hall–Kier alpha value is -3.79. The van der Waals surface area contributed by atoms with E-state index in [0.29, 0.717) is 13.2 Å². The topological polar surface area (TPSA) is 42.8 Å². The molecule has 0 heterocycles.